The molecule has 5 aliphatic carbocycles. The number of aromatic hydroxyl groups is 2. The molecule has 1 aromatic carbocycles. The Kier molecular flexibility index (Phi) is 7.39. The summed E-state index contributed by atoms with van der Waals surface area (Å²) in [5.41, 5.74) is 2.28. The van der Waals surface area contributed by atoms with Crippen LogP contribution in [0.25, 0.3) is 0 Å². The van der Waals surface area contributed by atoms with Gasteiger partial charge >= 0.3 is 5.97 Å². The summed E-state index contributed by atoms with van der Waals surface area (Å²) in [5.74, 6) is 1.98. The first kappa shape index (κ1) is 31.0. The maximum Gasteiger partial charge on any atom is 0.312 e. The molecule has 0 heterocycles. The molecule has 0 radical (unpaired) electrons. The summed E-state index contributed by atoms with van der Waals surface area (Å²) >= 11 is 0. The van der Waals surface area contributed by atoms with Gasteiger partial charge in [0, 0.05) is 6.42 Å². The molecule has 0 aliphatic heterocycles. The number of phenols is 2. The van der Waals surface area contributed by atoms with Crippen LogP contribution in [0.2, 0.25) is 0 Å². The Hall–Kier alpha value is -2.01. The lowest BCUT2D eigenvalue weighted by molar-refractivity contribution is -0.207. The summed E-state index contributed by atoms with van der Waals surface area (Å²) in [7, 11) is 0. The highest BCUT2D eigenvalue weighted by Crippen LogP contribution is 2.75. The highest BCUT2D eigenvalue weighted by atomic mass is 16.5. The molecule has 4 fully saturated rings. The SMILES string of the molecule is C[C@H]1[C@H](C)CC[C@]2(C(=O)OCCc3ccc(O)c(O)c3)CC[C@]3(C)C(=CC[C@H]4[C@@]5(C)CC[C@H](O)C(C)(C)[C@@H]5CC[C@]43C)[C@H]12. The van der Waals surface area contributed by atoms with Crippen molar-refractivity contribution < 1.29 is 24.9 Å². The third kappa shape index (κ3) is 4.29. The van der Waals surface area contributed by atoms with Crippen molar-refractivity contribution in [3.63, 3.8) is 0 Å². The van der Waals surface area contributed by atoms with E-state index in [-0.39, 0.29) is 57.8 Å². The van der Waals surface area contributed by atoms with Crippen LogP contribution in [0.1, 0.15) is 112 Å². The van der Waals surface area contributed by atoms with Crippen molar-refractivity contribution in [2.45, 2.75) is 119 Å². The third-order valence-electron chi connectivity index (χ3n) is 15.0. The summed E-state index contributed by atoms with van der Waals surface area (Å²) in [6.45, 7) is 17.4. The summed E-state index contributed by atoms with van der Waals surface area (Å²) in [5, 5.41) is 30.6. The van der Waals surface area contributed by atoms with Crippen LogP contribution in [-0.2, 0) is 16.0 Å². The standard InChI is InChI=1S/C38H56O5/c1-23-12-18-38(33(42)43-21-15-25-8-10-27(39)28(40)22-25)20-19-36(6)26(32(38)24(23)2)9-11-30-35(5)16-14-31(41)34(3,4)29(35)13-17-37(30,36)7/h8-10,22-24,29-32,39-41H,11-21H2,1-7H3/t23-,24+,29+,30+,31+,32+,35+,36-,37-,38+/m1/s1. The van der Waals surface area contributed by atoms with Crippen LogP contribution in [0.15, 0.2) is 29.8 Å². The van der Waals surface area contributed by atoms with Crippen LogP contribution in [0, 0.1) is 56.7 Å². The third-order valence-corrected chi connectivity index (χ3v) is 15.0. The normalized spacial score (nSPS) is 45.1. The van der Waals surface area contributed by atoms with Crippen molar-refractivity contribution in [3.05, 3.63) is 35.4 Å². The smallest absolute Gasteiger partial charge is 0.312 e. The van der Waals surface area contributed by atoms with E-state index in [4.69, 9.17) is 4.74 Å². The van der Waals surface area contributed by atoms with Gasteiger partial charge in [-0.2, -0.15) is 0 Å². The zero-order valence-corrected chi connectivity index (χ0v) is 27.7. The number of aliphatic hydroxyl groups is 1. The molecule has 0 unspecified atom stereocenters. The Morgan fingerprint density at radius 2 is 1.65 bits per heavy atom. The lowest BCUT2D eigenvalue weighted by Crippen LogP contribution is -2.65. The van der Waals surface area contributed by atoms with Gasteiger partial charge in [-0.1, -0.05) is 66.2 Å². The van der Waals surface area contributed by atoms with Gasteiger partial charge in [0.2, 0.25) is 0 Å². The van der Waals surface area contributed by atoms with Crippen molar-refractivity contribution in [3.8, 4) is 11.5 Å². The maximum absolute atomic E-state index is 14.2. The molecule has 1 aromatic rings. The second-order valence-corrected chi connectivity index (χ2v) is 16.9. The second kappa shape index (κ2) is 10.3. The lowest BCUT2D eigenvalue weighted by atomic mass is 9.33. The Morgan fingerprint density at radius 3 is 2.37 bits per heavy atom. The first-order chi connectivity index (χ1) is 20.1. The van der Waals surface area contributed by atoms with Gasteiger partial charge in [-0.3, -0.25) is 4.79 Å². The number of phenolic OH excluding ortho intramolecular Hbond substituents is 2. The second-order valence-electron chi connectivity index (χ2n) is 16.9. The van der Waals surface area contributed by atoms with E-state index >= 15 is 0 Å². The van der Waals surface area contributed by atoms with E-state index in [1.165, 1.54) is 18.9 Å². The number of carbonyl (C=O) groups is 1. The highest BCUT2D eigenvalue weighted by Gasteiger charge is 2.69. The average molecular weight is 593 g/mol. The molecule has 6 rings (SSSR count). The predicted octanol–water partition coefficient (Wildman–Crippen LogP) is 8.20. The van der Waals surface area contributed by atoms with E-state index in [0.717, 1.165) is 50.5 Å². The van der Waals surface area contributed by atoms with Gasteiger partial charge in [0.1, 0.15) is 0 Å². The number of aliphatic hydroxyl groups excluding tert-OH is 1. The van der Waals surface area contributed by atoms with Crippen LogP contribution in [0.3, 0.4) is 0 Å². The molecule has 5 aliphatic rings. The maximum atomic E-state index is 14.2. The molecule has 10 atom stereocenters. The molecule has 0 bridgehead atoms. The molecule has 5 heteroatoms. The monoisotopic (exact) mass is 592 g/mol. The first-order valence-electron chi connectivity index (χ1n) is 17.2. The Morgan fingerprint density at radius 1 is 0.907 bits per heavy atom. The zero-order chi connectivity index (χ0) is 31.2. The molecule has 0 amide bonds. The largest absolute Gasteiger partial charge is 0.504 e. The summed E-state index contributed by atoms with van der Waals surface area (Å²) in [6.07, 6.45) is 12.2. The van der Waals surface area contributed by atoms with E-state index in [0.29, 0.717) is 30.1 Å². The van der Waals surface area contributed by atoms with Crippen LogP contribution in [0.5, 0.6) is 11.5 Å². The quantitative estimate of drug-likeness (QED) is 0.186. The van der Waals surface area contributed by atoms with Crippen LogP contribution in [0.4, 0.5) is 0 Å². The van der Waals surface area contributed by atoms with Crippen molar-refractivity contribution in [1.29, 1.82) is 0 Å². The van der Waals surface area contributed by atoms with Crippen LogP contribution >= 0.6 is 0 Å². The van der Waals surface area contributed by atoms with Gasteiger partial charge in [-0.05, 0) is 127 Å². The fourth-order valence-corrected chi connectivity index (χ4v) is 12.0. The topological polar surface area (TPSA) is 87.0 Å². The molecule has 5 nitrogen and oxygen atoms in total. The number of fused-ring (bicyclic) bond motifs is 7. The number of benzene rings is 1. The van der Waals surface area contributed by atoms with Crippen molar-refractivity contribution in [2.24, 2.45) is 56.7 Å². The first-order valence-corrected chi connectivity index (χ1v) is 17.2. The lowest BCUT2D eigenvalue weighted by Gasteiger charge is -2.71. The van der Waals surface area contributed by atoms with Crippen molar-refractivity contribution in [1.82, 2.24) is 0 Å². The fourth-order valence-electron chi connectivity index (χ4n) is 12.0. The predicted molar refractivity (Wildman–Crippen MR) is 169 cm³/mol. The van der Waals surface area contributed by atoms with Gasteiger partial charge in [-0.15, -0.1) is 0 Å². The molecular weight excluding hydrogens is 536 g/mol. The van der Waals surface area contributed by atoms with E-state index < -0.39 is 5.41 Å². The van der Waals surface area contributed by atoms with Gasteiger partial charge in [0.05, 0.1) is 18.1 Å². The summed E-state index contributed by atoms with van der Waals surface area (Å²) < 4.78 is 6.13. The fraction of sp³-hybridized carbons (Fsp3) is 0.763. The summed E-state index contributed by atoms with van der Waals surface area (Å²) in [4.78, 5) is 14.2. The molecule has 238 valence electrons. The van der Waals surface area contributed by atoms with Gasteiger partial charge < -0.3 is 20.1 Å². The molecule has 3 N–H and O–H groups in total. The minimum absolute atomic E-state index is 0.0341. The number of rotatable bonds is 4. The Labute approximate surface area is 259 Å². The van der Waals surface area contributed by atoms with Gasteiger partial charge in [-0.25, -0.2) is 0 Å². The van der Waals surface area contributed by atoms with Crippen LogP contribution < -0.4 is 0 Å². The van der Waals surface area contributed by atoms with Crippen LogP contribution in [-0.4, -0.2) is 34.0 Å². The van der Waals surface area contributed by atoms with E-state index in [1.807, 2.05) is 0 Å². The minimum Gasteiger partial charge on any atom is -0.504 e. The number of ether oxygens (including phenoxy) is 1. The highest BCUT2D eigenvalue weighted by molar-refractivity contribution is 5.79. The van der Waals surface area contributed by atoms with Gasteiger partial charge in [0.25, 0.3) is 0 Å². The number of allylic oxidation sites excluding steroid dienone is 2. The molecule has 43 heavy (non-hydrogen) atoms. The number of hydrogen-bond acceptors (Lipinski definition) is 5. The molecule has 4 saturated carbocycles. The van der Waals surface area contributed by atoms with Gasteiger partial charge in [0.15, 0.2) is 11.5 Å². The number of hydrogen-bond donors (Lipinski definition) is 3. The molecule has 0 aromatic heterocycles. The molecule has 0 spiro atoms. The number of esters is 1. The average Bonchev–Trinajstić information content (AvgIpc) is 2.95. The summed E-state index contributed by atoms with van der Waals surface area (Å²) in [6, 6.07) is 4.81. The number of carbonyl (C=O) groups excluding carboxylic acids is 1. The van der Waals surface area contributed by atoms with Crippen molar-refractivity contribution >= 4 is 5.97 Å². The molecular formula is C38H56O5. The van der Waals surface area contributed by atoms with E-state index in [1.54, 1.807) is 17.7 Å². The van der Waals surface area contributed by atoms with Crippen molar-refractivity contribution in [2.75, 3.05) is 6.61 Å². The van der Waals surface area contributed by atoms with E-state index in [9.17, 15) is 20.1 Å². The Bertz CT molecular complexity index is 1300. The minimum atomic E-state index is -0.477. The van der Waals surface area contributed by atoms with E-state index in [2.05, 4.69) is 54.5 Å². The molecule has 0 saturated heterocycles. The Balaban J connectivity index is 1.31. The zero-order valence-electron chi connectivity index (χ0n) is 27.7.